The van der Waals surface area contributed by atoms with E-state index in [1.165, 1.54) is 0 Å². The molecule has 12 N–H and O–H groups in total. The van der Waals surface area contributed by atoms with Crippen molar-refractivity contribution >= 4 is 51.4 Å². The van der Waals surface area contributed by atoms with Crippen LogP contribution < -0.4 is 4.37 Å². The van der Waals surface area contributed by atoms with E-state index < -0.39 is 29.3 Å². The molecule has 1 rings (SSSR count). The molecule has 1 aromatic rings. The van der Waals surface area contributed by atoms with E-state index in [9.17, 15) is 0 Å². The molecule has 0 spiro atoms. The zero-order chi connectivity index (χ0) is 19.4. The Bertz CT molecular complexity index is 274. The van der Waals surface area contributed by atoms with Crippen LogP contribution in [0.3, 0.4) is 0 Å². The Morgan fingerprint density at radius 3 is 0.957 bits per heavy atom. The molecule has 0 amide bonds. The maximum absolute atomic E-state index is 7.17. The molecule has 0 bridgehead atoms. The van der Waals surface area contributed by atoms with Gasteiger partial charge in [0.2, 0.25) is 0 Å². The second-order valence-electron chi connectivity index (χ2n) is 2.86. The molecular weight excluding hydrogens is 316 g/mol. The SMILES string of the molecule is OB(O)O.OB(O)O.OB(O)O.OB(O)O.[Li][c]1ccccn1. The average molecular weight is 332 g/mol. The molecule has 0 radical (unpaired) electrons. The predicted octanol–water partition coefficient (Wildman–Crippen LogP) is -8.33. The van der Waals surface area contributed by atoms with Gasteiger partial charge in [-0.3, -0.25) is 0 Å². The summed E-state index contributed by atoms with van der Waals surface area (Å²) in [5, 5.41) is 86.0. The molecule has 23 heavy (non-hydrogen) atoms. The summed E-state index contributed by atoms with van der Waals surface area (Å²) >= 11 is 1.97. The molecule has 126 valence electrons. The molecule has 0 aliphatic rings. The van der Waals surface area contributed by atoms with E-state index >= 15 is 0 Å². The summed E-state index contributed by atoms with van der Waals surface area (Å²) < 4.78 is 1.07. The fourth-order valence-electron chi connectivity index (χ4n) is 0.448. The maximum atomic E-state index is 7.17. The van der Waals surface area contributed by atoms with Gasteiger partial charge in [0.05, 0.1) is 0 Å². The van der Waals surface area contributed by atoms with E-state index in [-0.39, 0.29) is 0 Å². The summed E-state index contributed by atoms with van der Waals surface area (Å²) in [4.78, 5) is 3.98. The molecule has 0 unspecified atom stereocenters. The minimum absolute atomic E-state index is 1.07. The first-order valence-electron chi connectivity index (χ1n) is 5.37. The van der Waals surface area contributed by atoms with Crippen LogP contribution in [0.2, 0.25) is 0 Å². The third-order valence-corrected chi connectivity index (χ3v) is 0.813. The summed E-state index contributed by atoms with van der Waals surface area (Å²) in [6, 6.07) is 5.86. The van der Waals surface area contributed by atoms with Gasteiger partial charge in [0.25, 0.3) is 0 Å². The Balaban J connectivity index is -0.000000102. The Hall–Kier alpha value is -0.473. The van der Waals surface area contributed by atoms with Gasteiger partial charge in [-0.2, -0.15) is 0 Å². The van der Waals surface area contributed by atoms with E-state index in [0.717, 1.165) is 4.37 Å². The second kappa shape index (κ2) is 23.8. The molecule has 13 nitrogen and oxygen atoms in total. The van der Waals surface area contributed by atoms with Crippen LogP contribution in [0.5, 0.6) is 0 Å². The van der Waals surface area contributed by atoms with Gasteiger partial charge in [0, 0.05) is 0 Å². The molecule has 0 saturated heterocycles. The number of rotatable bonds is 0. The Morgan fingerprint density at radius 2 is 0.870 bits per heavy atom. The number of aromatic nitrogens is 1. The zero-order valence-corrected chi connectivity index (χ0v) is 11.9. The van der Waals surface area contributed by atoms with Crippen LogP contribution in [0.1, 0.15) is 0 Å². The van der Waals surface area contributed by atoms with E-state index in [0.29, 0.717) is 0 Å². The Morgan fingerprint density at radius 1 is 0.609 bits per heavy atom. The zero-order valence-electron chi connectivity index (χ0n) is 11.9. The van der Waals surface area contributed by atoms with Crippen LogP contribution in [0.25, 0.3) is 0 Å². The van der Waals surface area contributed by atoms with Crippen LogP contribution in [-0.4, -0.2) is 112 Å². The van der Waals surface area contributed by atoms with E-state index in [1.807, 2.05) is 35.9 Å². The molecule has 0 aromatic carbocycles. The van der Waals surface area contributed by atoms with E-state index in [1.54, 1.807) is 6.20 Å². The van der Waals surface area contributed by atoms with Crippen LogP contribution in [0.4, 0.5) is 0 Å². The van der Waals surface area contributed by atoms with Crippen molar-refractivity contribution in [3.63, 3.8) is 0 Å². The molecule has 0 fully saturated rings. The van der Waals surface area contributed by atoms with Gasteiger partial charge in [-0.25, -0.2) is 0 Å². The standard InChI is InChI=1S/C5H4N.4BH3O3.Li/c1-2-4-6-5-3-1;4*2-1(3)4;/h1-4H;4*2-4H;. The number of hydrogen-bond acceptors (Lipinski definition) is 13. The van der Waals surface area contributed by atoms with Crippen molar-refractivity contribution in [2.75, 3.05) is 0 Å². The van der Waals surface area contributed by atoms with Crippen molar-refractivity contribution < 1.29 is 60.3 Å². The fourth-order valence-corrected chi connectivity index (χ4v) is 0.448. The summed E-state index contributed by atoms with van der Waals surface area (Å²) in [6.07, 6.45) is 1.79. The van der Waals surface area contributed by atoms with Gasteiger partial charge >= 0.3 is 80.7 Å². The van der Waals surface area contributed by atoms with Crippen molar-refractivity contribution in [1.82, 2.24) is 4.98 Å². The molecule has 1 aromatic heterocycles. The third-order valence-electron chi connectivity index (χ3n) is 0.813. The summed E-state index contributed by atoms with van der Waals surface area (Å²) in [6.45, 7) is 0. The van der Waals surface area contributed by atoms with Crippen molar-refractivity contribution in [2.45, 2.75) is 0 Å². The molecule has 0 aliphatic heterocycles. The quantitative estimate of drug-likeness (QED) is 0.197. The van der Waals surface area contributed by atoms with Gasteiger partial charge in [-0.1, -0.05) is 0 Å². The predicted molar refractivity (Wildman–Crippen MR) is 79.3 cm³/mol. The first-order valence-corrected chi connectivity index (χ1v) is 5.37. The number of pyridine rings is 1. The molecule has 1 heterocycles. The number of hydrogen-bond donors (Lipinski definition) is 12. The second-order valence-corrected chi connectivity index (χ2v) is 2.86. The first-order chi connectivity index (χ1) is 10.3. The molecular formula is C5H16B4LiNO12. The van der Waals surface area contributed by atoms with Crippen molar-refractivity contribution in [3.05, 3.63) is 24.4 Å². The summed E-state index contributed by atoms with van der Waals surface area (Å²) in [5.41, 5.74) is 0. The average Bonchev–Trinajstić information content (AvgIpc) is 2.26. The van der Waals surface area contributed by atoms with Gasteiger partial charge in [0.15, 0.2) is 0 Å². The summed E-state index contributed by atoms with van der Waals surface area (Å²) in [7, 11) is -8.67. The fraction of sp³-hybridized carbons (Fsp3) is 0. The van der Waals surface area contributed by atoms with Crippen molar-refractivity contribution in [1.29, 1.82) is 0 Å². The molecule has 0 saturated carbocycles. The first kappa shape index (κ1) is 30.4. The van der Waals surface area contributed by atoms with Crippen LogP contribution >= 0.6 is 0 Å². The Kier molecular flexibility index (Phi) is 31.5. The van der Waals surface area contributed by atoms with E-state index in [4.69, 9.17) is 60.3 Å². The number of nitrogens with zero attached hydrogens (tertiary/aromatic N) is 1. The molecule has 0 atom stereocenters. The van der Waals surface area contributed by atoms with Crippen LogP contribution in [0.15, 0.2) is 24.4 Å². The normalized spacial score (nSPS) is 7.39. The Labute approximate surface area is 141 Å². The van der Waals surface area contributed by atoms with Gasteiger partial charge in [0.1, 0.15) is 0 Å². The molecule has 18 heteroatoms. The monoisotopic (exact) mass is 333 g/mol. The van der Waals surface area contributed by atoms with Crippen LogP contribution in [-0.2, 0) is 0 Å². The van der Waals surface area contributed by atoms with Crippen molar-refractivity contribution in [2.24, 2.45) is 0 Å². The minimum atomic E-state index is -2.17. The van der Waals surface area contributed by atoms with Gasteiger partial charge < -0.3 is 60.3 Å². The van der Waals surface area contributed by atoms with Gasteiger partial charge in [-0.05, 0) is 0 Å². The summed E-state index contributed by atoms with van der Waals surface area (Å²) in [5.74, 6) is 0. The van der Waals surface area contributed by atoms with Gasteiger partial charge in [-0.15, -0.1) is 0 Å². The third kappa shape index (κ3) is 145. The van der Waals surface area contributed by atoms with Crippen molar-refractivity contribution in [3.8, 4) is 0 Å². The van der Waals surface area contributed by atoms with Crippen LogP contribution in [0, 0.1) is 0 Å². The molecule has 0 aliphatic carbocycles. The topological polar surface area (TPSA) is 256 Å². The van der Waals surface area contributed by atoms with E-state index in [2.05, 4.69) is 4.98 Å².